The molecule has 18 heavy (non-hydrogen) atoms. The van der Waals surface area contributed by atoms with E-state index in [1.165, 1.54) is 11.3 Å². The van der Waals surface area contributed by atoms with Crippen molar-refractivity contribution in [1.29, 1.82) is 0 Å². The molecular weight excluding hydrogens is 276 g/mol. The third kappa shape index (κ3) is 2.80. The second-order valence-corrected chi connectivity index (χ2v) is 4.88. The van der Waals surface area contributed by atoms with Gasteiger partial charge in [0.2, 0.25) is 0 Å². The van der Waals surface area contributed by atoms with Crippen LogP contribution in [0.2, 0.25) is 0 Å². The van der Waals surface area contributed by atoms with Crippen molar-refractivity contribution in [3.8, 4) is 0 Å². The molecule has 0 spiro atoms. The Labute approximate surface area is 112 Å². The van der Waals surface area contributed by atoms with Crippen molar-refractivity contribution in [1.82, 2.24) is 4.98 Å². The molecule has 2 rings (SSSR count). The number of aromatic nitrogens is 1. The lowest BCUT2D eigenvalue weighted by atomic mass is 10.2. The van der Waals surface area contributed by atoms with Crippen LogP contribution < -0.4 is 11.1 Å². The molecule has 0 aliphatic heterocycles. The lowest BCUT2D eigenvalue weighted by Crippen LogP contribution is -2.12. The van der Waals surface area contributed by atoms with Crippen LogP contribution >= 0.6 is 23.6 Å². The Morgan fingerprint density at radius 3 is 2.56 bits per heavy atom. The maximum absolute atomic E-state index is 13.7. The van der Waals surface area contributed by atoms with Crippen LogP contribution in [0.3, 0.4) is 0 Å². The van der Waals surface area contributed by atoms with Crippen LogP contribution in [0.1, 0.15) is 10.6 Å². The molecule has 0 fully saturated rings. The lowest BCUT2D eigenvalue weighted by Gasteiger charge is -2.09. The zero-order chi connectivity index (χ0) is 13.1. The maximum atomic E-state index is 13.7. The van der Waals surface area contributed by atoms with E-state index in [1.54, 1.807) is 11.6 Å². The van der Waals surface area contributed by atoms with Gasteiger partial charge in [0, 0.05) is 17.1 Å². The number of rotatable bonds is 4. The van der Waals surface area contributed by atoms with Crippen LogP contribution in [0.15, 0.2) is 23.7 Å². The van der Waals surface area contributed by atoms with Crippen molar-refractivity contribution >= 4 is 34.2 Å². The van der Waals surface area contributed by atoms with E-state index in [2.05, 4.69) is 22.5 Å². The first-order valence-electron chi connectivity index (χ1n) is 4.99. The normalized spacial score (nSPS) is 10.3. The number of thiazole rings is 1. The summed E-state index contributed by atoms with van der Waals surface area (Å²) in [6.07, 6.45) is 1.63. The fourth-order valence-electron chi connectivity index (χ4n) is 1.39. The molecule has 1 aromatic heterocycles. The number of nitrogens with zero attached hydrogens (tertiary/aromatic N) is 1. The van der Waals surface area contributed by atoms with Gasteiger partial charge in [-0.1, -0.05) is 12.2 Å². The summed E-state index contributed by atoms with van der Waals surface area (Å²) in [6.45, 7) is 0.262. The fourth-order valence-corrected chi connectivity index (χ4v) is 2.06. The van der Waals surface area contributed by atoms with Gasteiger partial charge in [0.05, 0.1) is 6.54 Å². The quantitative estimate of drug-likeness (QED) is 0.848. The predicted octanol–water partition coefficient (Wildman–Crippen LogP) is 2.67. The molecule has 0 saturated carbocycles. The summed E-state index contributed by atoms with van der Waals surface area (Å²) in [4.78, 5) is 3.96. The van der Waals surface area contributed by atoms with Crippen molar-refractivity contribution in [2.45, 2.75) is 6.54 Å². The van der Waals surface area contributed by atoms with Gasteiger partial charge in [-0.2, -0.15) is 0 Å². The number of nitrogens with two attached hydrogens (primary N) is 1. The first-order chi connectivity index (χ1) is 8.58. The molecule has 3 nitrogen and oxygen atoms in total. The van der Waals surface area contributed by atoms with Crippen molar-refractivity contribution in [2.24, 2.45) is 5.73 Å². The van der Waals surface area contributed by atoms with Gasteiger partial charge in [0.15, 0.2) is 0 Å². The van der Waals surface area contributed by atoms with Gasteiger partial charge in [-0.15, -0.1) is 11.3 Å². The molecule has 0 saturated heterocycles. The topological polar surface area (TPSA) is 50.9 Å². The lowest BCUT2D eigenvalue weighted by molar-refractivity contribution is 0.587. The second kappa shape index (κ2) is 5.36. The van der Waals surface area contributed by atoms with Crippen molar-refractivity contribution < 1.29 is 8.78 Å². The van der Waals surface area contributed by atoms with E-state index in [0.29, 0.717) is 0 Å². The monoisotopic (exact) mass is 285 g/mol. The van der Waals surface area contributed by atoms with Crippen LogP contribution in [0.4, 0.5) is 14.5 Å². The van der Waals surface area contributed by atoms with Gasteiger partial charge < -0.3 is 11.1 Å². The van der Waals surface area contributed by atoms with E-state index in [0.717, 1.165) is 17.1 Å². The molecule has 2 aromatic rings. The standard InChI is InChI=1S/C11H9F2N3S2/c12-7-3-6(11(14)17)4-8(13)10(7)16-5-9-15-1-2-18-9/h1-4,16H,5H2,(H2,14,17). The highest BCUT2D eigenvalue weighted by Crippen LogP contribution is 2.21. The molecule has 7 heteroatoms. The molecular formula is C11H9F2N3S2. The number of hydrogen-bond acceptors (Lipinski definition) is 4. The average molecular weight is 285 g/mol. The third-order valence-corrected chi connectivity index (χ3v) is 3.24. The van der Waals surface area contributed by atoms with E-state index in [1.807, 2.05) is 0 Å². The Balaban J connectivity index is 2.20. The fraction of sp³-hybridized carbons (Fsp3) is 0.0909. The molecule has 1 aromatic carbocycles. The molecule has 3 N–H and O–H groups in total. The van der Waals surface area contributed by atoms with Gasteiger partial charge in [-0.3, -0.25) is 0 Å². The van der Waals surface area contributed by atoms with E-state index in [9.17, 15) is 8.78 Å². The van der Waals surface area contributed by atoms with Gasteiger partial charge in [0.1, 0.15) is 27.3 Å². The zero-order valence-electron chi connectivity index (χ0n) is 9.11. The Kier molecular flexibility index (Phi) is 3.83. The van der Waals surface area contributed by atoms with Crippen molar-refractivity contribution in [2.75, 3.05) is 5.32 Å². The first-order valence-corrected chi connectivity index (χ1v) is 6.28. The Morgan fingerprint density at radius 1 is 1.39 bits per heavy atom. The van der Waals surface area contributed by atoms with Crippen molar-refractivity contribution in [3.63, 3.8) is 0 Å². The smallest absolute Gasteiger partial charge is 0.150 e. The molecule has 94 valence electrons. The number of nitrogens with one attached hydrogen (secondary N) is 1. The second-order valence-electron chi connectivity index (χ2n) is 3.46. The Morgan fingerprint density at radius 2 is 2.06 bits per heavy atom. The maximum Gasteiger partial charge on any atom is 0.150 e. The minimum absolute atomic E-state index is 0.0423. The molecule has 0 amide bonds. The molecule has 0 unspecified atom stereocenters. The van der Waals surface area contributed by atoms with Gasteiger partial charge in [-0.25, -0.2) is 13.8 Å². The van der Waals surface area contributed by atoms with E-state index < -0.39 is 11.6 Å². The molecule has 0 radical (unpaired) electrons. The molecule has 0 atom stereocenters. The van der Waals surface area contributed by atoms with Crippen LogP contribution in [0.5, 0.6) is 0 Å². The van der Waals surface area contributed by atoms with Crippen LogP contribution in [-0.2, 0) is 6.54 Å². The summed E-state index contributed by atoms with van der Waals surface area (Å²) in [6, 6.07) is 2.21. The number of halogens is 2. The van der Waals surface area contributed by atoms with Crippen LogP contribution in [-0.4, -0.2) is 9.97 Å². The van der Waals surface area contributed by atoms with E-state index in [4.69, 9.17) is 5.73 Å². The number of benzene rings is 1. The highest BCUT2D eigenvalue weighted by molar-refractivity contribution is 7.80. The van der Waals surface area contributed by atoms with E-state index in [-0.39, 0.29) is 22.8 Å². The van der Waals surface area contributed by atoms with Crippen LogP contribution in [0, 0.1) is 11.6 Å². The summed E-state index contributed by atoms with van der Waals surface area (Å²) in [5.41, 5.74) is 5.29. The van der Waals surface area contributed by atoms with Gasteiger partial charge in [-0.05, 0) is 12.1 Å². The largest absolute Gasteiger partial charge is 0.389 e. The molecule has 1 heterocycles. The molecule has 0 aliphatic rings. The Hall–Kier alpha value is -1.60. The number of anilines is 1. The first kappa shape index (κ1) is 12.8. The number of hydrogen-bond donors (Lipinski definition) is 2. The highest BCUT2D eigenvalue weighted by atomic mass is 32.1. The highest BCUT2D eigenvalue weighted by Gasteiger charge is 2.12. The SMILES string of the molecule is NC(=S)c1cc(F)c(NCc2nccs2)c(F)c1. The van der Waals surface area contributed by atoms with Crippen molar-refractivity contribution in [3.05, 3.63) is 45.9 Å². The molecule has 0 aliphatic carbocycles. The van der Waals surface area contributed by atoms with Gasteiger partial charge >= 0.3 is 0 Å². The summed E-state index contributed by atoms with van der Waals surface area (Å²) in [7, 11) is 0. The van der Waals surface area contributed by atoms with Crippen LogP contribution in [0.25, 0.3) is 0 Å². The predicted molar refractivity (Wildman–Crippen MR) is 71.7 cm³/mol. The minimum Gasteiger partial charge on any atom is -0.389 e. The molecule has 0 bridgehead atoms. The Bertz CT molecular complexity index is 547. The van der Waals surface area contributed by atoms with E-state index >= 15 is 0 Å². The average Bonchev–Trinajstić information content (AvgIpc) is 2.80. The summed E-state index contributed by atoms with van der Waals surface area (Å²) < 4.78 is 27.3. The van der Waals surface area contributed by atoms with Gasteiger partial charge in [0.25, 0.3) is 0 Å². The zero-order valence-corrected chi connectivity index (χ0v) is 10.7. The summed E-state index contributed by atoms with van der Waals surface area (Å²) >= 11 is 6.07. The minimum atomic E-state index is -0.727. The third-order valence-electron chi connectivity index (χ3n) is 2.23. The summed E-state index contributed by atoms with van der Waals surface area (Å²) in [5, 5.41) is 5.20. The number of thiocarbonyl (C=S) groups is 1. The summed E-state index contributed by atoms with van der Waals surface area (Å²) in [5.74, 6) is -1.45.